The number of nitrogens with two attached hydrogens (primary N) is 1. The maximum absolute atomic E-state index is 10.9. The second-order valence-electron chi connectivity index (χ2n) is 3.24. The van der Waals surface area contributed by atoms with Crippen LogP contribution in [0.3, 0.4) is 0 Å². The fraction of sp³-hybridized carbons (Fsp3) is 0.500. The molecule has 0 aromatic carbocycles. The first-order valence-electron chi connectivity index (χ1n) is 4.58. The Bertz CT molecular complexity index is 409. The van der Waals surface area contributed by atoms with Crippen LogP contribution in [0, 0.1) is 17.0 Å². The molecule has 0 radical (unpaired) electrons. The van der Waals surface area contributed by atoms with Gasteiger partial charge in [0.2, 0.25) is 11.8 Å². The highest BCUT2D eigenvalue weighted by Gasteiger charge is 2.23. The molecule has 0 amide bonds. The zero-order valence-corrected chi connectivity index (χ0v) is 9.04. The number of aliphatic hydroxyl groups is 1. The predicted molar refractivity (Wildman–Crippen MR) is 58.2 cm³/mol. The van der Waals surface area contributed by atoms with Crippen LogP contribution in [0.4, 0.5) is 17.5 Å². The standard InChI is InChI=1S/C8H13N5O3/c1-5-6(13(15)16)7(11-8(9)10-5)12(2)3-4-14/h14H,3-4H2,1-2H3,(H2,9,10,11). The molecule has 8 nitrogen and oxygen atoms in total. The van der Waals surface area contributed by atoms with Gasteiger partial charge in [-0.05, 0) is 6.92 Å². The van der Waals surface area contributed by atoms with E-state index in [1.165, 1.54) is 11.8 Å². The zero-order valence-electron chi connectivity index (χ0n) is 9.04. The highest BCUT2D eigenvalue weighted by atomic mass is 16.6. The molecule has 3 N–H and O–H groups in total. The third-order valence-corrected chi connectivity index (χ3v) is 2.04. The highest BCUT2D eigenvalue weighted by Crippen LogP contribution is 2.27. The van der Waals surface area contributed by atoms with Crippen LogP contribution < -0.4 is 10.6 Å². The molecule has 0 atom stereocenters. The van der Waals surface area contributed by atoms with Gasteiger partial charge in [-0.15, -0.1) is 0 Å². The molecule has 0 fully saturated rings. The lowest BCUT2D eigenvalue weighted by molar-refractivity contribution is -0.385. The van der Waals surface area contributed by atoms with E-state index in [4.69, 9.17) is 10.8 Å². The smallest absolute Gasteiger partial charge is 0.332 e. The summed E-state index contributed by atoms with van der Waals surface area (Å²) in [6.07, 6.45) is 0. The van der Waals surface area contributed by atoms with Crippen LogP contribution in [-0.4, -0.2) is 40.2 Å². The minimum Gasteiger partial charge on any atom is -0.395 e. The SMILES string of the molecule is Cc1nc(N)nc(N(C)CCO)c1[N+](=O)[O-]. The van der Waals surface area contributed by atoms with Gasteiger partial charge >= 0.3 is 5.69 Å². The summed E-state index contributed by atoms with van der Waals surface area (Å²) in [6.45, 7) is 1.60. The molecule has 1 aromatic heterocycles. The molecule has 1 heterocycles. The van der Waals surface area contributed by atoms with Crippen molar-refractivity contribution in [3.8, 4) is 0 Å². The van der Waals surface area contributed by atoms with Crippen LogP contribution in [0.1, 0.15) is 5.69 Å². The third-order valence-electron chi connectivity index (χ3n) is 2.04. The Hall–Kier alpha value is -1.96. The van der Waals surface area contributed by atoms with E-state index in [0.29, 0.717) is 0 Å². The topological polar surface area (TPSA) is 118 Å². The zero-order chi connectivity index (χ0) is 12.3. The molecule has 0 spiro atoms. The molecule has 16 heavy (non-hydrogen) atoms. The molecular formula is C8H13N5O3. The summed E-state index contributed by atoms with van der Waals surface area (Å²) < 4.78 is 0. The van der Waals surface area contributed by atoms with Crippen LogP contribution in [0.5, 0.6) is 0 Å². The number of anilines is 2. The first-order valence-corrected chi connectivity index (χ1v) is 4.58. The van der Waals surface area contributed by atoms with Crippen molar-refractivity contribution in [2.24, 2.45) is 0 Å². The number of aryl methyl sites for hydroxylation is 1. The van der Waals surface area contributed by atoms with E-state index < -0.39 is 4.92 Å². The van der Waals surface area contributed by atoms with Crippen molar-refractivity contribution in [2.45, 2.75) is 6.92 Å². The largest absolute Gasteiger partial charge is 0.395 e. The number of nitro groups is 1. The highest BCUT2D eigenvalue weighted by molar-refractivity contribution is 5.61. The van der Waals surface area contributed by atoms with E-state index in [9.17, 15) is 10.1 Å². The molecule has 0 aliphatic rings. The summed E-state index contributed by atoms with van der Waals surface area (Å²) >= 11 is 0. The van der Waals surface area contributed by atoms with Crippen molar-refractivity contribution in [1.82, 2.24) is 9.97 Å². The summed E-state index contributed by atoms with van der Waals surface area (Å²) in [5.74, 6) is 0.0898. The quantitative estimate of drug-likeness (QED) is 0.535. The van der Waals surface area contributed by atoms with Crippen molar-refractivity contribution in [3.05, 3.63) is 15.8 Å². The number of nitrogen functional groups attached to an aromatic ring is 1. The molecule has 0 aliphatic heterocycles. The van der Waals surface area contributed by atoms with Gasteiger partial charge in [-0.1, -0.05) is 0 Å². The molecule has 0 unspecified atom stereocenters. The second kappa shape index (κ2) is 4.71. The van der Waals surface area contributed by atoms with E-state index >= 15 is 0 Å². The number of likely N-dealkylation sites (N-methyl/N-ethyl adjacent to an activating group) is 1. The van der Waals surface area contributed by atoms with E-state index in [2.05, 4.69) is 9.97 Å². The van der Waals surface area contributed by atoms with Gasteiger partial charge in [-0.2, -0.15) is 4.98 Å². The molecule has 1 rings (SSSR count). The summed E-state index contributed by atoms with van der Waals surface area (Å²) in [4.78, 5) is 19.3. The Kier molecular flexibility index (Phi) is 3.56. The maximum atomic E-state index is 10.9. The monoisotopic (exact) mass is 227 g/mol. The normalized spacial score (nSPS) is 10.2. The first kappa shape index (κ1) is 12.1. The van der Waals surface area contributed by atoms with Gasteiger partial charge in [0.15, 0.2) is 0 Å². The van der Waals surface area contributed by atoms with Crippen molar-refractivity contribution < 1.29 is 10.0 Å². The predicted octanol–water partition coefficient (Wildman–Crippen LogP) is -0.296. The number of rotatable bonds is 4. The van der Waals surface area contributed by atoms with Crippen LogP contribution in [0.25, 0.3) is 0 Å². The third kappa shape index (κ3) is 2.34. The summed E-state index contributed by atoms with van der Waals surface area (Å²) in [6, 6.07) is 0. The van der Waals surface area contributed by atoms with Crippen molar-refractivity contribution in [3.63, 3.8) is 0 Å². The lowest BCUT2D eigenvalue weighted by Crippen LogP contribution is -2.24. The number of aromatic nitrogens is 2. The van der Waals surface area contributed by atoms with Gasteiger partial charge in [0.25, 0.3) is 0 Å². The van der Waals surface area contributed by atoms with Crippen LogP contribution in [-0.2, 0) is 0 Å². The average molecular weight is 227 g/mol. The Morgan fingerprint density at radius 1 is 1.56 bits per heavy atom. The van der Waals surface area contributed by atoms with E-state index in [-0.39, 0.29) is 36.3 Å². The summed E-state index contributed by atoms with van der Waals surface area (Å²) in [5.41, 5.74) is 5.44. The Morgan fingerprint density at radius 2 is 2.19 bits per heavy atom. The Labute approximate surface area is 91.9 Å². The number of hydrogen-bond acceptors (Lipinski definition) is 7. The summed E-state index contributed by atoms with van der Waals surface area (Å²) in [7, 11) is 1.59. The van der Waals surface area contributed by atoms with E-state index in [1.807, 2.05) is 0 Å². The molecule has 88 valence electrons. The number of hydrogen-bond donors (Lipinski definition) is 2. The average Bonchev–Trinajstić information content (AvgIpc) is 2.15. The first-order chi connectivity index (χ1) is 7.47. The summed E-state index contributed by atoms with van der Waals surface area (Å²) in [5, 5.41) is 19.6. The maximum Gasteiger partial charge on any atom is 0.332 e. The van der Waals surface area contributed by atoms with Crippen molar-refractivity contribution in [2.75, 3.05) is 30.8 Å². The van der Waals surface area contributed by atoms with Crippen LogP contribution in [0.15, 0.2) is 0 Å². The number of nitrogens with zero attached hydrogens (tertiary/aromatic N) is 4. The van der Waals surface area contributed by atoms with Gasteiger partial charge in [-0.25, -0.2) is 4.98 Å². The molecule has 0 bridgehead atoms. The molecular weight excluding hydrogens is 214 g/mol. The Balaban J connectivity index is 3.29. The van der Waals surface area contributed by atoms with Crippen LogP contribution in [0.2, 0.25) is 0 Å². The minimum atomic E-state index is -0.558. The van der Waals surface area contributed by atoms with E-state index in [0.717, 1.165) is 0 Å². The number of aliphatic hydroxyl groups excluding tert-OH is 1. The van der Waals surface area contributed by atoms with Crippen molar-refractivity contribution >= 4 is 17.5 Å². The minimum absolute atomic E-state index is 0.0251. The lowest BCUT2D eigenvalue weighted by Gasteiger charge is -2.17. The van der Waals surface area contributed by atoms with Crippen molar-refractivity contribution in [1.29, 1.82) is 0 Å². The second-order valence-corrected chi connectivity index (χ2v) is 3.24. The molecule has 0 saturated heterocycles. The van der Waals surface area contributed by atoms with E-state index in [1.54, 1.807) is 7.05 Å². The van der Waals surface area contributed by atoms with Crippen LogP contribution >= 0.6 is 0 Å². The van der Waals surface area contributed by atoms with Gasteiger partial charge in [0.05, 0.1) is 11.5 Å². The molecule has 0 aliphatic carbocycles. The fourth-order valence-corrected chi connectivity index (χ4v) is 1.31. The van der Waals surface area contributed by atoms with Gasteiger partial charge < -0.3 is 15.7 Å². The van der Waals surface area contributed by atoms with Gasteiger partial charge in [0, 0.05) is 13.6 Å². The molecule has 8 heteroatoms. The van der Waals surface area contributed by atoms with Gasteiger partial charge in [-0.3, -0.25) is 10.1 Å². The van der Waals surface area contributed by atoms with Gasteiger partial charge in [0.1, 0.15) is 5.69 Å². The molecule has 0 saturated carbocycles. The fourth-order valence-electron chi connectivity index (χ4n) is 1.31. The lowest BCUT2D eigenvalue weighted by atomic mass is 10.3. The Morgan fingerprint density at radius 3 is 2.69 bits per heavy atom. The molecule has 1 aromatic rings.